The van der Waals surface area contributed by atoms with Gasteiger partial charge in [-0.2, -0.15) is 0 Å². The molecule has 1 saturated heterocycles. The van der Waals surface area contributed by atoms with Crippen LogP contribution in [0.4, 0.5) is 0 Å². The van der Waals surface area contributed by atoms with Crippen LogP contribution in [0.25, 0.3) is 0 Å². The summed E-state index contributed by atoms with van der Waals surface area (Å²) in [5, 5.41) is 6.25. The lowest BCUT2D eigenvalue weighted by Gasteiger charge is -2.22. The van der Waals surface area contributed by atoms with Crippen molar-refractivity contribution in [1.29, 1.82) is 0 Å². The summed E-state index contributed by atoms with van der Waals surface area (Å²) in [5.74, 6) is 2.10. The molecule has 1 aliphatic heterocycles. The highest BCUT2D eigenvalue weighted by Gasteiger charge is 2.21. The molecule has 130 valence electrons. The molecule has 23 heavy (non-hydrogen) atoms. The number of nitrogens with one attached hydrogen (secondary N) is 2. The van der Waals surface area contributed by atoms with Crippen molar-refractivity contribution in [2.45, 2.75) is 19.4 Å². The number of halogens is 1. The predicted molar refractivity (Wildman–Crippen MR) is 90.8 cm³/mol. The Hall–Kier alpha value is -1.66. The Morgan fingerprint density at radius 2 is 1.70 bits per heavy atom. The van der Waals surface area contributed by atoms with Crippen molar-refractivity contribution in [3.8, 4) is 17.2 Å². The van der Waals surface area contributed by atoms with Gasteiger partial charge in [-0.05, 0) is 25.9 Å². The summed E-state index contributed by atoms with van der Waals surface area (Å²) in [4.78, 5) is 12.2. The molecule has 0 spiro atoms. The van der Waals surface area contributed by atoms with Crippen molar-refractivity contribution in [2.24, 2.45) is 5.92 Å². The number of ether oxygens (including phenoxy) is 3. The van der Waals surface area contributed by atoms with Crippen molar-refractivity contribution < 1.29 is 19.0 Å². The van der Waals surface area contributed by atoms with Crippen LogP contribution in [0, 0.1) is 5.92 Å². The zero-order chi connectivity index (χ0) is 15.9. The summed E-state index contributed by atoms with van der Waals surface area (Å²) in [6, 6.07) is 3.57. The van der Waals surface area contributed by atoms with E-state index in [4.69, 9.17) is 14.2 Å². The van der Waals surface area contributed by atoms with E-state index >= 15 is 0 Å². The normalized spacial score (nSPS) is 14.6. The molecule has 0 atom stereocenters. The lowest BCUT2D eigenvalue weighted by Crippen LogP contribution is -2.37. The fourth-order valence-corrected chi connectivity index (χ4v) is 2.66. The van der Waals surface area contributed by atoms with Gasteiger partial charge < -0.3 is 24.8 Å². The van der Waals surface area contributed by atoms with Crippen molar-refractivity contribution in [3.05, 3.63) is 17.7 Å². The van der Waals surface area contributed by atoms with Gasteiger partial charge in [-0.15, -0.1) is 12.4 Å². The number of benzene rings is 1. The van der Waals surface area contributed by atoms with Crippen molar-refractivity contribution in [1.82, 2.24) is 10.6 Å². The second kappa shape index (κ2) is 9.47. The van der Waals surface area contributed by atoms with E-state index in [9.17, 15) is 4.79 Å². The van der Waals surface area contributed by atoms with Crippen LogP contribution in [0.1, 0.15) is 18.4 Å². The number of methoxy groups -OCH3 is 3. The van der Waals surface area contributed by atoms with Gasteiger partial charge in [-0.3, -0.25) is 4.79 Å². The number of carbonyl (C=O) groups is 1. The topological polar surface area (TPSA) is 68.8 Å². The fraction of sp³-hybridized carbons (Fsp3) is 0.562. The minimum atomic E-state index is 0. The molecule has 1 fully saturated rings. The van der Waals surface area contributed by atoms with Crippen molar-refractivity contribution in [2.75, 3.05) is 34.4 Å². The second-order valence-electron chi connectivity index (χ2n) is 5.25. The minimum Gasteiger partial charge on any atom is -0.496 e. The highest BCUT2D eigenvalue weighted by molar-refractivity contribution is 5.85. The molecule has 0 unspecified atom stereocenters. The van der Waals surface area contributed by atoms with Crippen LogP contribution in [0.5, 0.6) is 17.2 Å². The number of rotatable bonds is 6. The van der Waals surface area contributed by atoms with Crippen LogP contribution >= 0.6 is 12.4 Å². The zero-order valence-electron chi connectivity index (χ0n) is 13.8. The highest BCUT2D eigenvalue weighted by Crippen LogP contribution is 2.33. The Labute approximate surface area is 143 Å². The summed E-state index contributed by atoms with van der Waals surface area (Å²) in [6.45, 7) is 2.17. The lowest BCUT2D eigenvalue weighted by atomic mass is 9.97. The second-order valence-corrected chi connectivity index (χ2v) is 5.25. The van der Waals surface area contributed by atoms with Gasteiger partial charge in [0, 0.05) is 18.1 Å². The van der Waals surface area contributed by atoms with Gasteiger partial charge in [0.25, 0.3) is 0 Å². The van der Waals surface area contributed by atoms with Gasteiger partial charge in [0.05, 0.1) is 33.4 Å². The highest BCUT2D eigenvalue weighted by atomic mass is 35.5. The first-order valence-corrected chi connectivity index (χ1v) is 7.47. The maximum Gasteiger partial charge on any atom is 0.223 e. The van der Waals surface area contributed by atoms with E-state index in [1.165, 1.54) is 0 Å². The molecule has 2 rings (SSSR count). The number of amides is 1. The number of hydrogen-bond donors (Lipinski definition) is 2. The van der Waals surface area contributed by atoms with Gasteiger partial charge in [0.1, 0.15) is 17.2 Å². The molecular formula is C16H25ClN2O4. The van der Waals surface area contributed by atoms with Crippen LogP contribution in [0.3, 0.4) is 0 Å². The summed E-state index contributed by atoms with van der Waals surface area (Å²) in [7, 11) is 4.77. The molecule has 1 heterocycles. The van der Waals surface area contributed by atoms with E-state index < -0.39 is 0 Å². The van der Waals surface area contributed by atoms with Gasteiger partial charge in [-0.25, -0.2) is 0 Å². The monoisotopic (exact) mass is 344 g/mol. The van der Waals surface area contributed by atoms with Gasteiger partial charge in [-0.1, -0.05) is 0 Å². The average Bonchev–Trinajstić information content (AvgIpc) is 2.59. The number of carbonyl (C=O) groups excluding carboxylic acids is 1. The van der Waals surface area contributed by atoms with Crippen LogP contribution in [-0.4, -0.2) is 40.3 Å². The molecule has 0 saturated carbocycles. The first-order valence-electron chi connectivity index (χ1n) is 7.47. The molecule has 1 amide bonds. The van der Waals surface area contributed by atoms with Crippen molar-refractivity contribution >= 4 is 18.3 Å². The Balaban J connectivity index is 0.00000264. The van der Waals surface area contributed by atoms with Gasteiger partial charge in [0.15, 0.2) is 0 Å². The quantitative estimate of drug-likeness (QED) is 0.823. The molecule has 6 nitrogen and oxygen atoms in total. The maximum absolute atomic E-state index is 12.2. The van der Waals surface area contributed by atoms with E-state index in [-0.39, 0.29) is 24.2 Å². The third-order valence-corrected chi connectivity index (χ3v) is 3.97. The van der Waals surface area contributed by atoms with E-state index in [1.807, 2.05) is 0 Å². The molecule has 0 bridgehead atoms. The lowest BCUT2D eigenvalue weighted by molar-refractivity contribution is -0.125. The van der Waals surface area contributed by atoms with Gasteiger partial charge >= 0.3 is 0 Å². The molecule has 1 aromatic carbocycles. The molecule has 2 N–H and O–H groups in total. The molecule has 1 aromatic rings. The molecule has 1 aliphatic rings. The van der Waals surface area contributed by atoms with Crippen molar-refractivity contribution in [3.63, 3.8) is 0 Å². The Bertz CT molecular complexity index is 494. The number of hydrogen-bond acceptors (Lipinski definition) is 5. The standard InChI is InChI=1S/C16H24N2O4.ClH/c1-20-12-8-14(21-2)13(15(9-12)22-3)10-18-16(19)11-4-6-17-7-5-11;/h8-9,11,17H,4-7,10H2,1-3H3,(H,18,19);1H. The van der Waals surface area contributed by atoms with Gasteiger partial charge in [0.2, 0.25) is 5.91 Å². The summed E-state index contributed by atoms with van der Waals surface area (Å²) >= 11 is 0. The van der Waals surface area contributed by atoms with E-state index in [2.05, 4.69) is 10.6 Å². The largest absolute Gasteiger partial charge is 0.496 e. The predicted octanol–water partition coefficient (Wildman–Crippen LogP) is 1.75. The first-order chi connectivity index (χ1) is 10.7. The Kier molecular flexibility index (Phi) is 7.98. The Morgan fingerprint density at radius 1 is 1.13 bits per heavy atom. The molecular weight excluding hydrogens is 320 g/mol. The van der Waals surface area contributed by atoms with Crippen LogP contribution in [0.15, 0.2) is 12.1 Å². The minimum absolute atomic E-state index is 0. The fourth-order valence-electron chi connectivity index (χ4n) is 2.66. The third kappa shape index (κ3) is 4.91. The number of piperidine rings is 1. The van der Waals surface area contributed by atoms with Crippen LogP contribution in [-0.2, 0) is 11.3 Å². The summed E-state index contributed by atoms with van der Waals surface area (Å²) in [6.07, 6.45) is 1.76. The molecule has 7 heteroatoms. The van der Waals surface area contributed by atoms with Crippen LogP contribution < -0.4 is 24.8 Å². The summed E-state index contributed by atoms with van der Waals surface area (Å²) < 4.78 is 16.0. The smallest absolute Gasteiger partial charge is 0.223 e. The maximum atomic E-state index is 12.2. The zero-order valence-corrected chi connectivity index (χ0v) is 14.6. The van der Waals surface area contributed by atoms with E-state index in [1.54, 1.807) is 33.5 Å². The van der Waals surface area contributed by atoms with Crippen LogP contribution in [0.2, 0.25) is 0 Å². The molecule has 0 radical (unpaired) electrons. The first kappa shape index (κ1) is 19.4. The summed E-state index contributed by atoms with van der Waals surface area (Å²) in [5.41, 5.74) is 0.813. The van der Waals surface area contributed by atoms with E-state index in [0.717, 1.165) is 31.5 Å². The Morgan fingerprint density at radius 3 is 2.17 bits per heavy atom. The van der Waals surface area contributed by atoms with E-state index in [0.29, 0.717) is 23.8 Å². The molecule has 0 aromatic heterocycles. The molecule has 0 aliphatic carbocycles. The third-order valence-electron chi connectivity index (χ3n) is 3.97. The SMILES string of the molecule is COc1cc(OC)c(CNC(=O)C2CCNCC2)c(OC)c1.Cl. The average molecular weight is 345 g/mol.